The molecule has 0 radical (unpaired) electrons. The second-order valence-electron chi connectivity index (χ2n) is 3.79. The van der Waals surface area contributed by atoms with E-state index in [9.17, 15) is 8.42 Å². The predicted octanol–water partition coefficient (Wildman–Crippen LogP) is 3.44. The third kappa shape index (κ3) is 3.61. The van der Waals surface area contributed by atoms with Gasteiger partial charge in [0, 0.05) is 13.7 Å². The Morgan fingerprint density at radius 1 is 1.11 bits per heavy atom. The van der Waals surface area contributed by atoms with Crippen LogP contribution in [0.3, 0.4) is 0 Å². The van der Waals surface area contributed by atoms with E-state index in [0.29, 0.717) is 5.69 Å². The van der Waals surface area contributed by atoms with Crippen molar-refractivity contribution < 1.29 is 8.42 Å². The lowest BCUT2D eigenvalue weighted by molar-refractivity contribution is 0.601. The van der Waals surface area contributed by atoms with Crippen molar-refractivity contribution in [2.24, 2.45) is 0 Å². The highest BCUT2D eigenvalue weighted by molar-refractivity contribution is 14.1. The van der Waals surface area contributed by atoms with E-state index in [4.69, 9.17) is 5.73 Å². The molecule has 0 unspecified atom stereocenters. The van der Waals surface area contributed by atoms with Crippen molar-refractivity contribution in [3.8, 4) is 0 Å². The maximum Gasteiger partial charge on any atom is 0.263 e. The number of rotatable bonds is 3. The van der Waals surface area contributed by atoms with Gasteiger partial charge >= 0.3 is 0 Å². The van der Waals surface area contributed by atoms with E-state index in [-0.39, 0.29) is 10.6 Å². The molecule has 0 saturated heterocycles. The number of hydrogen-bond acceptors (Lipinski definition) is 3. The standard InChI is InChI=1S/C12H10BrIN2O2S/c13-8-1-6-12(11(15)7-8)19(17,18)16-10-4-2-9(14)3-5-10/h1-7,16H,15H2. The highest BCUT2D eigenvalue weighted by Gasteiger charge is 2.17. The summed E-state index contributed by atoms with van der Waals surface area (Å²) in [5.74, 6) is 0. The van der Waals surface area contributed by atoms with E-state index in [1.54, 1.807) is 24.3 Å². The average Bonchev–Trinajstić information content (AvgIpc) is 2.31. The van der Waals surface area contributed by atoms with Crippen LogP contribution in [0.15, 0.2) is 51.8 Å². The van der Waals surface area contributed by atoms with Gasteiger partial charge in [0.25, 0.3) is 10.0 Å². The molecule has 100 valence electrons. The van der Waals surface area contributed by atoms with Gasteiger partial charge in [0.05, 0.1) is 5.69 Å². The van der Waals surface area contributed by atoms with Crippen LogP contribution in [0.5, 0.6) is 0 Å². The van der Waals surface area contributed by atoms with Crippen molar-refractivity contribution in [2.75, 3.05) is 10.5 Å². The first kappa shape index (κ1) is 14.6. The van der Waals surface area contributed by atoms with Crippen molar-refractivity contribution >= 4 is 59.9 Å². The number of nitrogen functional groups attached to an aromatic ring is 1. The number of benzene rings is 2. The van der Waals surface area contributed by atoms with Crippen molar-refractivity contribution in [1.29, 1.82) is 0 Å². The molecule has 2 rings (SSSR count). The molecule has 0 aliphatic rings. The lowest BCUT2D eigenvalue weighted by Crippen LogP contribution is -2.14. The van der Waals surface area contributed by atoms with E-state index in [1.165, 1.54) is 6.07 Å². The Morgan fingerprint density at radius 2 is 1.74 bits per heavy atom. The van der Waals surface area contributed by atoms with Crippen LogP contribution in [0.25, 0.3) is 0 Å². The van der Waals surface area contributed by atoms with Crippen LogP contribution in [-0.2, 0) is 10.0 Å². The summed E-state index contributed by atoms with van der Waals surface area (Å²) in [5.41, 5.74) is 6.44. The number of nitrogens with two attached hydrogens (primary N) is 1. The Balaban J connectivity index is 2.35. The van der Waals surface area contributed by atoms with E-state index >= 15 is 0 Å². The molecule has 0 fully saturated rings. The second-order valence-corrected chi connectivity index (χ2v) is 7.61. The summed E-state index contributed by atoms with van der Waals surface area (Å²) in [4.78, 5) is 0.0641. The van der Waals surface area contributed by atoms with Crippen molar-refractivity contribution in [3.05, 3.63) is 50.5 Å². The molecule has 0 aliphatic heterocycles. The van der Waals surface area contributed by atoms with Crippen LogP contribution in [-0.4, -0.2) is 8.42 Å². The van der Waals surface area contributed by atoms with Crippen LogP contribution >= 0.6 is 38.5 Å². The zero-order valence-corrected chi connectivity index (χ0v) is 14.2. The summed E-state index contributed by atoms with van der Waals surface area (Å²) in [6, 6.07) is 11.7. The molecule has 0 saturated carbocycles. The van der Waals surface area contributed by atoms with Gasteiger partial charge in [-0.25, -0.2) is 8.42 Å². The number of halogens is 2. The fourth-order valence-electron chi connectivity index (χ4n) is 1.49. The molecular weight excluding hydrogens is 443 g/mol. The zero-order chi connectivity index (χ0) is 14.0. The molecule has 0 amide bonds. The Hall–Kier alpha value is -0.800. The maximum atomic E-state index is 12.2. The largest absolute Gasteiger partial charge is 0.398 e. The molecule has 0 heterocycles. The SMILES string of the molecule is Nc1cc(Br)ccc1S(=O)(=O)Nc1ccc(I)cc1. The van der Waals surface area contributed by atoms with Crippen molar-refractivity contribution in [2.45, 2.75) is 4.90 Å². The Bertz CT molecular complexity index is 702. The molecule has 0 atom stereocenters. The third-order valence-electron chi connectivity index (χ3n) is 2.36. The number of nitrogens with one attached hydrogen (secondary N) is 1. The fourth-order valence-corrected chi connectivity index (χ4v) is 3.40. The summed E-state index contributed by atoms with van der Waals surface area (Å²) in [5, 5.41) is 0. The van der Waals surface area contributed by atoms with Crippen LogP contribution in [0.1, 0.15) is 0 Å². The smallest absolute Gasteiger partial charge is 0.263 e. The summed E-state index contributed by atoms with van der Waals surface area (Å²) in [6.07, 6.45) is 0. The molecule has 0 spiro atoms. The summed E-state index contributed by atoms with van der Waals surface area (Å²) in [6.45, 7) is 0. The van der Waals surface area contributed by atoms with Gasteiger partial charge in [0.2, 0.25) is 0 Å². The minimum Gasteiger partial charge on any atom is -0.398 e. The molecule has 0 bridgehead atoms. The molecule has 0 aliphatic carbocycles. The van der Waals surface area contributed by atoms with Gasteiger partial charge in [-0.3, -0.25) is 4.72 Å². The predicted molar refractivity (Wildman–Crippen MR) is 88.5 cm³/mol. The Kier molecular flexibility index (Phi) is 4.36. The molecule has 4 nitrogen and oxygen atoms in total. The van der Waals surface area contributed by atoms with Gasteiger partial charge < -0.3 is 5.73 Å². The second kappa shape index (κ2) is 5.68. The zero-order valence-electron chi connectivity index (χ0n) is 9.60. The van der Waals surface area contributed by atoms with Gasteiger partial charge in [-0.1, -0.05) is 15.9 Å². The van der Waals surface area contributed by atoms with E-state index in [1.807, 2.05) is 12.1 Å². The minimum atomic E-state index is -3.67. The van der Waals surface area contributed by atoms with E-state index < -0.39 is 10.0 Å². The van der Waals surface area contributed by atoms with Gasteiger partial charge in [-0.15, -0.1) is 0 Å². The first-order valence-electron chi connectivity index (χ1n) is 5.22. The molecule has 2 aromatic carbocycles. The summed E-state index contributed by atoms with van der Waals surface area (Å²) in [7, 11) is -3.67. The molecule has 19 heavy (non-hydrogen) atoms. The van der Waals surface area contributed by atoms with Crippen molar-refractivity contribution in [1.82, 2.24) is 0 Å². The lowest BCUT2D eigenvalue weighted by Gasteiger charge is -2.10. The highest BCUT2D eigenvalue weighted by Crippen LogP contribution is 2.25. The monoisotopic (exact) mass is 452 g/mol. The van der Waals surface area contributed by atoms with E-state index in [0.717, 1.165) is 8.04 Å². The van der Waals surface area contributed by atoms with Gasteiger partial charge in [0.15, 0.2) is 0 Å². The first-order valence-corrected chi connectivity index (χ1v) is 8.57. The number of hydrogen-bond donors (Lipinski definition) is 2. The average molecular weight is 453 g/mol. The Labute approximate surface area is 133 Å². The fraction of sp³-hybridized carbons (Fsp3) is 0. The molecule has 2 aromatic rings. The lowest BCUT2D eigenvalue weighted by atomic mass is 10.3. The van der Waals surface area contributed by atoms with Crippen LogP contribution in [0.4, 0.5) is 11.4 Å². The maximum absolute atomic E-state index is 12.2. The molecular formula is C12H10BrIN2O2S. The van der Waals surface area contributed by atoms with Crippen LogP contribution in [0, 0.1) is 3.57 Å². The summed E-state index contributed by atoms with van der Waals surface area (Å²) < 4.78 is 28.7. The molecule has 0 aromatic heterocycles. The minimum absolute atomic E-state index is 0.0641. The number of sulfonamides is 1. The topological polar surface area (TPSA) is 72.2 Å². The normalized spacial score (nSPS) is 11.3. The van der Waals surface area contributed by atoms with Crippen LogP contribution < -0.4 is 10.5 Å². The highest BCUT2D eigenvalue weighted by atomic mass is 127. The summed E-state index contributed by atoms with van der Waals surface area (Å²) >= 11 is 5.39. The quantitative estimate of drug-likeness (QED) is 0.553. The Morgan fingerprint density at radius 3 is 2.32 bits per heavy atom. The van der Waals surface area contributed by atoms with Gasteiger partial charge in [-0.2, -0.15) is 0 Å². The number of anilines is 2. The third-order valence-corrected chi connectivity index (χ3v) is 5.03. The van der Waals surface area contributed by atoms with Gasteiger partial charge in [0.1, 0.15) is 4.90 Å². The van der Waals surface area contributed by atoms with Gasteiger partial charge in [-0.05, 0) is 65.1 Å². The molecule has 3 N–H and O–H groups in total. The van der Waals surface area contributed by atoms with Crippen LogP contribution in [0.2, 0.25) is 0 Å². The first-order chi connectivity index (χ1) is 8.88. The van der Waals surface area contributed by atoms with Crippen molar-refractivity contribution in [3.63, 3.8) is 0 Å². The molecule has 7 heteroatoms. The van der Waals surface area contributed by atoms with E-state index in [2.05, 4.69) is 43.2 Å².